The summed E-state index contributed by atoms with van der Waals surface area (Å²) in [6.07, 6.45) is 5.34. The molecule has 0 saturated carbocycles. The Morgan fingerprint density at radius 2 is 1.08 bits per heavy atom. The Balaban J connectivity index is 0.00000672. The van der Waals surface area contributed by atoms with Crippen molar-refractivity contribution < 1.29 is 53.2 Å². The molecule has 10 rings (SSSR count). The van der Waals surface area contributed by atoms with Crippen LogP contribution in [0, 0.1) is 18.8 Å². The average Bonchev–Trinajstić information content (AvgIpc) is 3.88. The summed E-state index contributed by atoms with van der Waals surface area (Å²) in [5.74, 6) is 1.75. The smallest absolute Gasteiger partial charge is 0.468 e. The third-order valence-corrected chi connectivity index (χ3v) is 13.3. The molecule has 74 heavy (non-hydrogen) atoms. The molecule has 2 saturated heterocycles. The van der Waals surface area contributed by atoms with Gasteiger partial charge in [0, 0.05) is 72.3 Å². The standard InChI is InChI=1S/C55H64B6N5O7.Pt/c1-51(2,3)37-29-30-63-49(31-37)66-45-24-17-16-21-41(45)42-28-27-39(33-48(42)66)67-40-32-38(34-62-35-40)64-36-65(47-26-19-18-25-46(47)64)50-43(56-68-58(52(4,5)6)72-59(69-56)53(7,8)9)22-20-23-44(50)57-70-60(54(10,11)12)73-61(71-57)55(13,14)15;/h16-31,34-36H,1-15H3;/q-3;. The van der Waals surface area contributed by atoms with Crippen LogP contribution in [0.1, 0.15) is 109 Å². The van der Waals surface area contributed by atoms with E-state index < -0.39 is 42.7 Å². The summed E-state index contributed by atoms with van der Waals surface area (Å²) < 4.78 is 49.5. The van der Waals surface area contributed by atoms with Gasteiger partial charge >= 0.3 is 42.7 Å². The summed E-state index contributed by atoms with van der Waals surface area (Å²) >= 11 is 0. The van der Waals surface area contributed by atoms with Crippen molar-refractivity contribution in [2.45, 2.75) is 131 Å². The predicted octanol–water partition coefficient (Wildman–Crippen LogP) is 12.3. The zero-order valence-corrected chi connectivity index (χ0v) is 47.6. The molecule has 7 aromatic rings. The van der Waals surface area contributed by atoms with Crippen LogP contribution >= 0.6 is 0 Å². The number of anilines is 4. The first kappa shape index (κ1) is 54.0. The molecule has 6 heterocycles. The predicted molar refractivity (Wildman–Crippen MR) is 300 cm³/mol. The van der Waals surface area contributed by atoms with E-state index in [-0.39, 0.29) is 47.7 Å². The van der Waals surface area contributed by atoms with Crippen LogP contribution in [0.4, 0.5) is 22.7 Å². The molecule has 19 heteroatoms. The minimum atomic E-state index is -0.834. The van der Waals surface area contributed by atoms with Gasteiger partial charge in [-0.25, -0.2) is 4.98 Å². The Morgan fingerprint density at radius 3 is 1.64 bits per heavy atom. The van der Waals surface area contributed by atoms with Crippen LogP contribution in [0.5, 0.6) is 11.5 Å². The second-order valence-corrected chi connectivity index (χ2v) is 24.9. The molecule has 0 atom stereocenters. The normalized spacial score (nSPS) is 16.1. The van der Waals surface area contributed by atoms with Crippen LogP contribution in [-0.2, 0) is 53.9 Å². The van der Waals surface area contributed by atoms with Crippen molar-refractivity contribution in [2.24, 2.45) is 0 Å². The van der Waals surface area contributed by atoms with Gasteiger partial charge in [-0.15, -0.1) is 30.3 Å². The first-order valence-electron chi connectivity index (χ1n) is 25.4. The number of nitrogens with zero attached hydrogens (tertiary/aromatic N) is 5. The molecule has 382 valence electrons. The van der Waals surface area contributed by atoms with Crippen molar-refractivity contribution in [2.75, 3.05) is 9.80 Å². The van der Waals surface area contributed by atoms with E-state index in [1.165, 1.54) is 5.56 Å². The average molecular weight is 1170 g/mol. The number of aromatic nitrogens is 3. The molecular formula is C55H64B6N5O7Pt-3. The molecule has 0 amide bonds. The fourth-order valence-electron chi connectivity index (χ4n) is 9.35. The Labute approximate surface area is 455 Å². The Bertz CT molecular complexity index is 3070. The van der Waals surface area contributed by atoms with Crippen molar-refractivity contribution >= 4 is 98.2 Å². The third kappa shape index (κ3) is 10.7. The Kier molecular flexibility index (Phi) is 14.6. The van der Waals surface area contributed by atoms with Crippen LogP contribution in [0.25, 0.3) is 27.6 Å². The Morgan fingerprint density at radius 1 is 0.541 bits per heavy atom. The van der Waals surface area contributed by atoms with Crippen molar-refractivity contribution in [1.29, 1.82) is 0 Å². The van der Waals surface area contributed by atoms with E-state index in [1.54, 1.807) is 12.4 Å². The summed E-state index contributed by atoms with van der Waals surface area (Å²) in [4.78, 5) is 13.8. The Hall–Kier alpha value is -4.78. The molecule has 4 aromatic carbocycles. The second-order valence-electron chi connectivity index (χ2n) is 24.9. The van der Waals surface area contributed by atoms with E-state index in [4.69, 9.17) is 42.1 Å². The molecule has 0 aliphatic carbocycles. The van der Waals surface area contributed by atoms with Gasteiger partial charge in [0.1, 0.15) is 5.82 Å². The minimum Gasteiger partial charge on any atom is -0.508 e. The summed E-state index contributed by atoms with van der Waals surface area (Å²) in [5, 5.41) is 0.674. The number of ether oxygens (including phenoxy) is 1. The molecule has 12 nitrogen and oxygen atoms in total. The SMILES string of the molecule is CC(C)(C)B1OB(c2cccc(B3OB(C(C)(C)C)OB(C(C)(C)C)O3)c2N2[CH-]N(c3[c-]c(Oc4[c-]c5c(cc4)c4ccccc4n5-c4cc(C(C)(C)C)ccn4)cnc3)c3ccccc32)OB(C(C)(C)C)O1.[Pt]. The van der Waals surface area contributed by atoms with Crippen molar-refractivity contribution in [1.82, 2.24) is 14.5 Å². The van der Waals surface area contributed by atoms with Gasteiger partial charge in [0.05, 0.1) is 0 Å². The fraction of sp³-hybridized carbons (Fsp3) is 0.364. The number of hydrogen-bond acceptors (Lipinski definition) is 11. The second kappa shape index (κ2) is 20.0. The third-order valence-electron chi connectivity index (χ3n) is 13.3. The number of hydrogen-bond donors (Lipinski definition) is 0. The maximum atomic E-state index is 6.88. The van der Waals surface area contributed by atoms with E-state index in [0.29, 0.717) is 17.2 Å². The molecule has 3 aliphatic heterocycles. The maximum Gasteiger partial charge on any atom is 0.468 e. The van der Waals surface area contributed by atoms with Crippen molar-refractivity contribution in [3.8, 4) is 17.3 Å². The molecule has 3 aromatic heterocycles. The van der Waals surface area contributed by atoms with Crippen LogP contribution in [-0.4, -0.2) is 57.2 Å². The summed E-state index contributed by atoms with van der Waals surface area (Å²) in [7, 11) is -3.98. The fourth-order valence-corrected chi connectivity index (χ4v) is 9.35. The number of benzene rings is 4. The molecule has 0 spiro atoms. The first-order chi connectivity index (χ1) is 34.3. The van der Waals surface area contributed by atoms with Gasteiger partial charge < -0.3 is 51.5 Å². The van der Waals surface area contributed by atoms with Crippen LogP contribution in [0.3, 0.4) is 0 Å². The van der Waals surface area contributed by atoms with Crippen molar-refractivity contribution in [3.05, 3.63) is 134 Å². The van der Waals surface area contributed by atoms with Crippen molar-refractivity contribution in [3.63, 3.8) is 0 Å². The summed E-state index contributed by atoms with van der Waals surface area (Å²) in [6.45, 7) is 34.1. The van der Waals surface area contributed by atoms with E-state index >= 15 is 0 Å². The number of fused-ring (bicyclic) bond motifs is 4. The molecule has 3 aliphatic rings. The molecule has 0 unspecified atom stereocenters. The summed E-state index contributed by atoms with van der Waals surface area (Å²) in [6, 6.07) is 38.2. The molecule has 0 N–H and O–H groups in total. The quantitative estimate of drug-likeness (QED) is 0.113. The number of rotatable bonds is 7. The number of para-hydroxylation sites is 4. The van der Waals surface area contributed by atoms with Crippen LogP contribution in [0.2, 0.25) is 21.3 Å². The molecule has 0 bridgehead atoms. The number of pyridine rings is 2. The van der Waals surface area contributed by atoms with E-state index in [0.717, 1.165) is 55.6 Å². The maximum absolute atomic E-state index is 6.88. The van der Waals surface area contributed by atoms with E-state index in [9.17, 15) is 0 Å². The largest absolute Gasteiger partial charge is 0.508 e. The van der Waals surface area contributed by atoms with E-state index in [2.05, 4.69) is 197 Å². The van der Waals surface area contributed by atoms with Gasteiger partial charge in [-0.05, 0) is 74.2 Å². The van der Waals surface area contributed by atoms with Gasteiger partial charge in [-0.3, -0.25) is 0 Å². The van der Waals surface area contributed by atoms with Gasteiger partial charge in [-0.1, -0.05) is 170 Å². The van der Waals surface area contributed by atoms with Gasteiger partial charge in [0.2, 0.25) is 0 Å². The van der Waals surface area contributed by atoms with Crippen LogP contribution in [0.15, 0.2) is 110 Å². The molecular weight excluding hydrogens is 1100 g/mol. The van der Waals surface area contributed by atoms with Crippen LogP contribution < -0.4 is 25.5 Å². The zero-order valence-electron chi connectivity index (χ0n) is 45.3. The first-order valence-corrected chi connectivity index (χ1v) is 25.4. The van der Waals surface area contributed by atoms with Gasteiger partial charge in [0.25, 0.3) is 0 Å². The van der Waals surface area contributed by atoms with Gasteiger partial charge in [-0.2, -0.15) is 6.07 Å². The molecule has 0 radical (unpaired) electrons. The molecule has 2 fully saturated rings. The summed E-state index contributed by atoms with van der Waals surface area (Å²) in [5.41, 5.74) is 7.79. The minimum absolute atomic E-state index is 0. The topological polar surface area (TPSA) is 102 Å². The monoisotopic (exact) mass is 1170 g/mol. The van der Waals surface area contributed by atoms with E-state index in [1.807, 2.05) is 37.1 Å². The van der Waals surface area contributed by atoms with Gasteiger partial charge in [0.15, 0.2) is 0 Å². The zero-order chi connectivity index (χ0) is 52.0.